The molecular formula is C22H22FN3O3. The van der Waals surface area contributed by atoms with Gasteiger partial charge in [0.15, 0.2) is 5.69 Å². The fourth-order valence-electron chi connectivity index (χ4n) is 2.70. The lowest BCUT2D eigenvalue weighted by Gasteiger charge is -2.06. The summed E-state index contributed by atoms with van der Waals surface area (Å²) in [6.07, 6.45) is 2.58. The zero-order valence-electron chi connectivity index (χ0n) is 16.1. The molecule has 0 saturated heterocycles. The van der Waals surface area contributed by atoms with Crippen LogP contribution in [0.2, 0.25) is 0 Å². The van der Waals surface area contributed by atoms with Gasteiger partial charge in [-0.05, 0) is 43.2 Å². The third-order valence-electron chi connectivity index (χ3n) is 4.29. The molecule has 1 aromatic heterocycles. The van der Waals surface area contributed by atoms with Crippen molar-refractivity contribution in [2.24, 2.45) is 0 Å². The van der Waals surface area contributed by atoms with E-state index < -0.39 is 5.97 Å². The number of hydrogen-bond donors (Lipinski definition) is 1. The molecule has 0 unspecified atom stereocenters. The maximum absolute atomic E-state index is 13.3. The molecule has 3 aromatic rings. The molecule has 29 heavy (non-hydrogen) atoms. The Bertz CT molecular complexity index is 983. The first-order valence-electron chi connectivity index (χ1n) is 9.32. The van der Waals surface area contributed by atoms with Crippen LogP contribution in [-0.2, 0) is 16.0 Å². The average molecular weight is 395 g/mol. The maximum Gasteiger partial charge on any atom is 0.358 e. The van der Waals surface area contributed by atoms with Crippen LogP contribution in [0.5, 0.6) is 0 Å². The van der Waals surface area contributed by atoms with E-state index in [0.29, 0.717) is 18.5 Å². The Morgan fingerprint density at radius 2 is 1.93 bits per heavy atom. The van der Waals surface area contributed by atoms with E-state index in [1.54, 1.807) is 18.3 Å². The second-order valence-electron chi connectivity index (χ2n) is 6.60. The van der Waals surface area contributed by atoms with Gasteiger partial charge < -0.3 is 10.1 Å². The summed E-state index contributed by atoms with van der Waals surface area (Å²) in [6, 6.07) is 15.4. The van der Waals surface area contributed by atoms with E-state index in [4.69, 9.17) is 4.74 Å². The molecule has 1 heterocycles. The standard InChI is InChI=1S/C22H22FN3O3/c1-16-5-7-17(8-6-16)9-10-21(27)24-12-14-29-22(28)20-11-13-26(25-20)19-4-2-3-18(23)15-19/h2-8,11,13,15H,9-10,12,14H2,1H3,(H,24,27). The highest BCUT2D eigenvalue weighted by Gasteiger charge is 2.12. The number of carbonyl (C=O) groups excluding carboxylic acids is 2. The quantitative estimate of drug-likeness (QED) is 0.470. The normalized spacial score (nSPS) is 10.6. The van der Waals surface area contributed by atoms with Gasteiger partial charge in [0.1, 0.15) is 12.4 Å². The summed E-state index contributed by atoms with van der Waals surface area (Å²) >= 11 is 0. The summed E-state index contributed by atoms with van der Waals surface area (Å²) in [4.78, 5) is 23.9. The zero-order valence-corrected chi connectivity index (χ0v) is 16.1. The van der Waals surface area contributed by atoms with Crippen molar-refractivity contribution >= 4 is 11.9 Å². The minimum Gasteiger partial charge on any atom is -0.459 e. The fourth-order valence-corrected chi connectivity index (χ4v) is 2.70. The molecule has 7 heteroatoms. The number of esters is 1. The number of nitrogens with zero attached hydrogens (tertiary/aromatic N) is 2. The molecule has 0 atom stereocenters. The maximum atomic E-state index is 13.3. The van der Waals surface area contributed by atoms with Gasteiger partial charge in [-0.25, -0.2) is 13.9 Å². The first-order valence-corrected chi connectivity index (χ1v) is 9.32. The van der Waals surface area contributed by atoms with E-state index in [-0.39, 0.29) is 30.6 Å². The van der Waals surface area contributed by atoms with E-state index in [1.165, 1.54) is 28.4 Å². The fraction of sp³-hybridized carbons (Fsp3) is 0.227. The summed E-state index contributed by atoms with van der Waals surface area (Å²) in [5.41, 5.74) is 2.90. The van der Waals surface area contributed by atoms with Crippen molar-refractivity contribution in [1.29, 1.82) is 0 Å². The summed E-state index contributed by atoms with van der Waals surface area (Å²) in [5, 5.41) is 6.82. The Balaban J connectivity index is 1.38. The minimum atomic E-state index is -0.603. The van der Waals surface area contributed by atoms with E-state index >= 15 is 0 Å². The lowest BCUT2D eigenvalue weighted by Crippen LogP contribution is -2.28. The van der Waals surface area contributed by atoms with Crippen LogP contribution < -0.4 is 5.32 Å². The third-order valence-corrected chi connectivity index (χ3v) is 4.29. The van der Waals surface area contributed by atoms with Crippen LogP contribution in [0, 0.1) is 12.7 Å². The first-order chi connectivity index (χ1) is 14.0. The molecule has 0 aliphatic carbocycles. The van der Waals surface area contributed by atoms with Crippen molar-refractivity contribution in [3.63, 3.8) is 0 Å². The molecule has 0 saturated carbocycles. The minimum absolute atomic E-state index is 0.0436. The third kappa shape index (κ3) is 6.00. The first kappa shape index (κ1) is 20.3. The monoisotopic (exact) mass is 395 g/mol. The molecule has 1 amide bonds. The lowest BCUT2D eigenvalue weighted by molar-refractivity contribution is -0.121. The number of carbonyl (C=O) groups is 2. The number of halogens is 1. The molecule has 1 N–H and O–H groups in total. The van der Waals surface area contributed by atoms with Gasteiger partial charge in [-0.1, -0.05) is 35.9 Å². The van der Waals surface area contributed by atoms with E-state index in [9.17, 15) is 14.0 Å². The zero-order chi connectivity index (χ0) is 20.6. The number of rotatable bonds is 8. The highest BCUT2D eigenvalue weighted by molar-refractivity contribution is 5.87. The molecule has 0 radical (unpaired) electrons. The van der Waals surface area contributed by atoms with E-state index in [2.05, 4.69) is 10.4 Å². The number of aryl methyl sites for hydroxylation is 2. The number of ether oxygens (including phenoxy) is 1. The van der Waals surface area contributed by atoms with Crippen LogP contribution in [0.25, 0.3) is 5.69 Å². The van der Waals surface area contributed by atoms with Gasteiger partial charge >= 0.3 is 5.97 Å². The average Bonchev–Trinajstić information content (AvgIpc) is 3.21. The SMILES string of the molecule is Cc1ccc(CCC(=O)NCCOC(=O)c2ccn(-c3cccc(F)c3)n2)cc1. The molecule has 2 aromatic carbocycles. The van der Waals surface area contributed by atoms with Crippen molar-refractivity contribution in [2.45, 2.75) is 19.8 Å². The Labute approximate surface area is 168 Å². The molecule has 0 aliphatic heterocycles. The molecule has 0 spiro atoms. The van der Waals surface area contributed by atoms with Crippen molar-refractivity contribution < 1.29 is 18.7 Å². The summed E-state index contributed by atoms with van der Waals surface area (Å²) in [7, 11) is 0. The Morgan fingerprint density at radius 3 is 2.69 bits per heavy atom. The van der Waals surface area contributed by atoms with Gasteiger partial charge in [0, 0.05) is 12.6 Å². The second kappa shape index (κ2) is 9.64. The van der Waals surface area contributed by atoms with Crippen molar-refractivity contribution in [2.75, 3.05) is 13.2 Å². The van der Waals surface area contributed by atoms with Gasteiger partial charge in [-0.2, -0.15) is 5.10 Å². The predicted molar refractivity (Wildman–Crippen MR) is 106 cm³/mol. The smallest absolute Gasteiger partial charge is 0.358 e. The van der Waals surface area contributed by atoms with E-state index in [0.717, 1.165) is 5.56 Å². The predicted octanol–water partition coefficient (Wildman–Crippen LogP) is 3.23. The Morgan fingerprint density at radius 1 is 1.14 bits per heavy atom. The number of hydrogen-bond acceptors (Lipinski definition) is 4. The van der Waals surface area contributed by atoms with Crippen molar-refractivity contribution in [3.05, 3.63) is 83.4 Å². The van der Waals surface area contributed by atoms with Gasteiger partial charge in [0.25, 0.3) is 0 Å². The molecule has 0 bridgehead atoms. The van der Waals surface area contributed by atoms with Crippen molar-refractivity contribution in [1.82, 2.24) is 15.1 Å². The summed E-state index contributed by atoms with van der Waals surface area (Å²) in [6.45, 7) is 2.29. The van der Waals surface area contributed by atoms with Gasteiger partial charge in [0.2, 0.25) is 5.91 Å². The number of amides is 1. The second-order valence-corrected chi connectivity index (χ2v) is 6.60. The lowest BCUT2D eigenvalue weighted by atomic mass is 10.1. The summed E-state index contributed by atoms with van der Waals surface area (Å²) < 4.78 is 19.8. The topological polar surface area (TPSA) is 73.2 Å². The van der Waals surface area contributed by atoms with Gasteiger partial charge in [0.05, 0.1) is 12.2 Å². The molecule has 3 rings (SSSR count). The molecule has 6 nitrogen and oxygen atoms in total. The number of nitrogens with one attached hydrogen (secondary N) is 1. The molecular weight excluding hydrogens is 373 g/mol. The van der Waals surface area contributed by atoms with Crippen LogP contribution in [0.3, 0.4) is 0 Å². The molecule has 0 fully saturated rings. The Kier molecular flexibility index (Phi) is 6.73. The van der Waals surface area contributed by atoms with E-state index in [1.807, 2.05) is 31.2 Å². The van der Waals surface area contributed by atoms with Crippen LogP contribution >= 0.6 is 0 Å². The highest BCUT2D eigenvalue weighted by Crippen LogP contribution is 2.10. The largest absolute Gasteiger partial charge is 0.459 e. The van der Waals surface area contributed by atoms with Crippen molar-refractivity contribution in [3.8, 4) is 5.69 Å². The van der Waals surface area contributed by atoms with Crippen LogP contribution in [-0.4, -0.2) is 34.8 Å². The van der Waals surface area contributed by atoms with Crippen LogP contribution in [0.4, 0.5) is 4.39 Å². The van der Waals surface area contributed by atoms with Crippen LogP contribution in [0.1, 0.15) is 28.0 Å². The molecule has 150 valence electrons. The van der Waals surface area contributed by atoms with Gasteiger partial charge in [-0.15, -0.1) is 0 Å². The van der Waals surface area contributed by atoms with Gasteiger partial charge in [-0.3, -0.25) is 4.79 Å². The summed E-state index contributed by atoms with van der Waals surface area (Å²) in [5.74, 6) is -1.09. The Hall–Kier alpha value is -3.48. The molecule has 0 aliphatic rings. The highest BCUT2D eigenvalue weighted by atomic mass is 19.1. The number of benzene rings is 2. The number of aromatic nitrogens is 2. The van der Waals surface area contributed by atoms with Crippen LogP contribution in [0.15, 0.2) is 60.8 Å².